The lowest BCUT2D eigenvalue weighted by Crippen LogP contribution is -2.46. The van der Waals surface area contributed by atoms with E-state index in [0.29, 0.717) is 11.3 Å². The highest BCUT2D eigenvalue weighted by atomic mass is 32.1. The van der Waals surface area contributed by atoms with Crippen LogP contribution in [0.1, 0.15) is 38.5 Å². The molecular weight excluding hydrogens is 336 g/mol. The van der Waals surface area contributed by atoms with E-state index in [1.54, 1.807) is 6.07 Å². The summed E-state index contributed by atoms with van der Waals surface area (Å²) in [4.78, 5) is 40.7. The second kappa shape index (κ2) is 5.81. The van der Waals surface area contributed by atoms with Crippen LogP contribution in [0.2, 0.25) is 0 Å². The van der Waals surface area contributed by atoms with Crippen LogP contribution in [0.4, 0.5) is 4.79 Å². The number of carbonyl (C=O) groups excluding carboxylic acids is 3. The van der Waals surface area contributed by atoms with E-state index in [9.17, 15) is 14.4 Å². The van der Waals surface area contributed by atoms with Gasteiger partial charge in [-0.2, -0.15) is 0 Å². The molecule has 1 fully saturated rings. The molecule has 128 valence electrons. The quantitative estimate of drug-likeness (QED) is 0.681. The zero-order chi connectivity index (χ0) is 17.6. The Balaban J connectivity index is 1.64. The third-order valence-corrected chi connectivity index (χ3v) is 6.01. The Morgan fingerprint density at radius 3 is 2.80 bits per heavy atom. The van der Waals surface area contributed by atoms with Gasteiger partial charge >= 0.3 is 6.03 Å². The third kappa shape index (κ3) is 2.48. The Kier molecular flexibility index (Phi) is 3.72. The van der Waals surface area contributed by atoms with Crippen molar-refractivity contribution in [3.63, 3.8) is 0 Å². The first-order valence-electron chi connectivity index (χ1n) is 8.33. The smallest absolute Gasteiger partial charge is 0.319 e. The van der Waals surface area contributed by atoms with Crippen molar-refractivity contribution in [2.75, 3.05) is 6.54 Å². The van der Waals surface area contributed by atoms with Crippen molar-refractivity contribution >= 4 is 29.1 Å². The maximum atomic E-state index is 13.1. The number of carbonyl (C=O) groups is 3. The molecule has 1 atom stereocenters. The lowest BCUT2D eigenvalue weighted by molar-refractivity contribution is -0.131. The van der Waals surface area contributed by atoms with E-state index in [0.717, 1.165) is 33.7 Å². The Bertz CT molecular complexity index is 888. The van der Waals surface area contributed by atoms with Gasteiger partial charge in [-0.15, -0.1) is 11.3 Å². The van der Waals surface area contributed by atoms with E-state index < -0.39 is 11.6 Å². The number of Topliss-reactive ketones (excluding diaryl/α,β-unsaturated/α-hetero) is 1. The highest BCUT2D eigenvalue weighted by Gasteiger charge is 2.54. The summed E-state index contributed by atoms with van der Waals surface area (Å²) in [6, 6.07) is 10.9. The van der Waals surface area contributed by atoms with Gasteiger partial charge in [0, 0.05) is 4.88 Å². The number of hydrogen-bond acceptors (Lipinski definition) is 4. The average molecular weight is 354 g/mol. The normalized spacial score (nSPS) is 22.2. The number of hydrogen-bond donors (Lipinski definition) is 1. The van der Waals surface area contributed by atoms with E-state index in [2.05, 4.69) is 5.32 Å². The maximum Gasteiger partial charge on any atom is 0.325 e. The number of benzene rings is 1. The summed E-state index contributed by atoms with van der Waals surface area (Å²) in [5, 5.41) is 2.88. The molecular formula is C19H18N2O3S. The molecule has 0 unspecified atom stereocenters. The Hall–Kier alpha value is -2.47. The van der Waals surface area contributed by atoms with Crippen molar-refractivity contribution in [1.29, 1.82) is 0 Å². The van der Waals surface area contributed by atoms with Gasteiger partial charge < -0.3 is 5.32 Å². The fourth-order valence-corrected chi connectivity index (χ4v) is 4.56. The van der Waals surface area contributed by atoms with Crippen LogP contribution in [0.25, 0.3) is 0 Å². The van der Waals surface area contributed by atoms with Gasteiger partial charge in [-0.05, 0) is 49.4 Å². The molecule has 2 aromatic rings. The topological polar surface area (TPSA) is 66.5 Å². The molecule has 1 N–H and O–H groups in total. The summed E-state index contributed by atoms with van der Waals surface area (Å²) < 4.78 is 0. The molecule has 0 bridgehead atoms. The van der Waals surface area contributed by atoms with Crippen LogP contribution in [0.5, 0.6) is 0 Å². The summed E-state index contributed by atoms with van der Waals surface area (Å²) in [5.74, 6) is -0.519. The predicted octanol–water partition coefficient (Wildman–Crippen LogP) is 3.02. The molecule has 1 aliphatic heterocycles. The third-order valence-electron chi connectivity index (χ3n) is 4.97. The molecule has 1 spiro atoms. The summed E-state index contributed by atoms with van der Waals surface area (Å²) in [7, 11) is 0. The van der Waals surface area contributed by atoms with Crippen LogP contribution >= 0.6 is 11.3 Å². The van der Waals surface area contributed by atoms with Crippen molar-refractivity contribution in [1.82, 2.24) is 10.2 Å². The summed E-state index contributed by atoms with van der Waals surface area (Å²) in [6.45, 7) is 1.71. The van der Waals surface area contributed by atoms with Crippen LogP contribution in [0.15, 0.2) is 36.4 Å². The second-order valence-electron chi connectivity index (χ2n) is 6.57. The SMILES string of the molecule is Cc1ccc(C(=O)CN2C(=O)N[C@]3(CCCc4ccccc43)C2=O)s1. The zero-order valence-corrected chi connectivity index (χ0v) is 14.7. The fourth-order valence-electron chi connectivity index (χ4n) is 3.76. The van der Waals surface area contributed by atoms with E-state index in [4.69, 9.17) is 0 Å². The van der Waals surface area contributed by atoms with E-state index in [1.807, 2.05) is 37.3 Å². The molecule has 1 aliphatic carbocycles. The molecule has 25 heavy (non-hydrogen) atoms. The lowest BCUT2D eigenvalue weighted by Gasteiger charge is -2.33. The van der Waals surface area contributed by atoms with Crippen molar-refractivity contribution in [2.24, 2.45) is 0 Å². The number of rotatable bonds is 3. The Morgan fingerprint density at radius 1 is 1.24 bits per heavy atom. The minimum Gasteiger partial charge on any atom is -0.319 e. The molecule has 1 saturated heterocycles. The summed E-state index contributed by atoms with van der Waals surface area (Å²) in [5.41, 5.74) is 0.934. The number of nitrogens with zero attached hydrogens (tertiary/aromatic N) is 1. The molecule has 1 aromatic carbocycles. The summed E-state index contributed by atoms with van der Waals surface area (Å²) in [6.07, 6.45) is 2.29. The highest BCUT2D eigenvalue weighted by Crippen LogP contribution is 2.39. The van der Waals surface area contributed by atoms with Crippen molar-refractivity contribution < 1.29 is 14.4 Å². The first kappa shape index (κ1) is 16.0. The van der Waals surface area contributed by atoms with Crippen LogP contribution in [-0.2, 0) is 16.8 Å². The molecule has 2 heterocycles. The molecule has 2 aliphatic rings. The minimum absolute atomic E-state index is 0.206. The molecule has 0 saturated carbocycles. The van der Waals surface area contributed by atoms with Crippen molar-refractivity contribution in [2.45, 2.75) is 31.7 Å². The molecule has 3 amide bonds. The van der Waals surface area contributed by atoms with E-state index >= 15 is 0 Å². The number of urea groups is 1. The van der Waals surface area contributed by atoms with Crippen LogP contribution < -0.4 is 5.32 Å². The number of aryl methyl sites for hydroxylation is 2. The predicted molar refractivity (Wildman–Crippen MR) is 94.7 cm³/mol. The maximum absolute atomic E-state index is 13.1. The van der Waals surface area contributed by atoms with Gasteiger partial charge in [-0.3, -0.25) is 14.5 Å². The van der Waals surface area contributed by atoms with Crippen molar-refractivity contribution in [3.05, 3.63) is 57.3 Å². The molecule has 0 radical (unpaired) electrons. The molecule has 4 rings (SSSR count). The van der Waals surface area contributed by atoms with Gasteiger partial charge in [0.05, 0.1) is 11.4 Å². The van der Waals surface area contributed by atoms with E-state index in [1.165, 1.54) is 11.3 Å². The standard InChI is InChI=1S/C19H18N2O3S/c1-12-8-9-16(25-12)15(22)11-21-17(23)19(20-18(21)24)10-4-6-13-5-2-3-7-14(13)19/h2-3,5,7-9H,4,6,10-11H2,1H3,(H,20,24)/t19-/m0/s1. The van der Waals surface area contributed by atoms with Crippen molar-refractivity contribution in [3.8, 4) is 0 Å². The Labute approximate surface area is 149 Å². The second-order valence-corrected chi connectivity index (χ2v) is 7.86. The van der Waals surface area contributed by atoms with Crippen LogP contribution in [0, 0.1) is 6.92 Å². The number of amides is 3. The van der Waals surface area contributed by atoms with Gasteiger partial charge in [0.2, 0.25) is 0 Å². The first-order valence-corrected chi connectivity index (χ1v) is 9.15. The lowest BCUT2D eigenvalue weighted by atomic mass is 9.76. The highest BCUT2D eigenvalue weighted by molar-refractivity contribution is 7.14. The molecule has 5 nitrogen and oxygen atoms in total. The molecule has 1 aromatic heterocycles. The number of ketones is 1. The average Bonchev–Trinajstić information content (AvgIpc) is 3.13. The minimum atomic E-state index is -1.02. The van der Waals surface area contributed by atoms with E-state index in [-0.39, 0.29) is 18.2 Å². The Morgan fingerprint density at radius 2 is 2.04 bits per heavy atom. The van der Waals surface area contributed by atoms with Gasteiger partial charge in [-0.1, -0.05) is 24.3 Å². The molecule has 6 heteroatoms. The zero-order valence-electron chi connectivity index (χ0n) is 13.9. The monoisotopic (exact) mass is 354 g/mol. The summed E-state index contributed by atoms with van der Waals surface area (Å²) >= 11 is 1.38. The van der Waals surface area contributed by atoms with Gasteiger partial charge in [0.1, 0.15) is 5.54 Å². The van der Waals surface area contributed by atoms with Crippen LogP contribution in [0.3, 0.4) is 0 Å². The van der Waals surface area contributed by atoms with Gasteiger partial charge in [0.25, 0.3) is 5.91 Å². The van der Waals surface area contributed by atoms with Gasteiger partial charge in [-0.25, -0.2) is 4.79 Å². The number of thiophene rings is 1. The number of imide groups is 1. The van der Waals surface area contributed by atoms with Gasteiger partial charge in [0.15, 0.2) is 5.78 Å². The number of fused-ring (bicyclic) bond motifs is 2. The number of nitrogens with one attached hydrogen (secondary N) is 1. The van der Waals surface area contributed by atoms with Crippen LogP contribution in [-0.4, -0.2) is 29.2 Å². The first-order chi connectivity index (χ1) is 12.0. The fraction of sp³-hybridized carbons (Fsp3) is 0.316. The largest absolute Gasteiger partial charge is 0.325 e.